The van der Waals surface area contributed by atoms with Crippen LogP contribution in [0.1, 0.15) is 12.5 Å². The summed E-state index contributed by atoms with van der Waals surface area (Å²) in [7, 11) is 0. The number of thioether (sulfide) groups is 1. The molecule has 0 atom stereocenters. The number of aromatic nitrogens is 2. The summed E-state index contributed by atoms with van der Waals surface area (Å²) in [5.74, 6) is 0.481. The molecule has 0 saturated heterocycles. The molecule has 1 aromatic carbocycles. The topological polar surface area (TPSA) is 44.2 Å². The molecule has 0 fully saturated rings. The van der Waals surface area contributed by atoms with Crippen molar-refractivity contribution in [3.63, 3.8) is 0 Å². The summed E-state index contributed by atoms with van der Waals surface area (Å²) < 4.78 is 48.7. The first-order chi connectivity index (χ1) is 10.4. The van der Waals surface area contributed by atoms with E-state index in [9.17, 15) is 13.2 Å². The predicted molar refractivity (Wildman–Crippen MR) is 76.5 cm³/mol. The number of rotatable bonds is 5. The molecule has 0 radical (unpaired) electrons. The van der Waals surface area contributed by atoms with Crippen LogP contribution in [0.15, 0.2) is 35.5 Å². The second-order valence-electron chi connectivity index (χ2n) is 4.09. The second kappa shape index (κ2) is 6.87. The summed E-state index contributed by atoms with van der Waals surface area (Å²) in [4.78, 5) is 8.20. The highest BCUT2D eigenvalue weighted by Gasteiger charge is 2.30. The van der Waals surface area contributed by atoms with Gasteiger partial charge in [-0.25, -0.2) is 0 Å². The normalized spacial score (nSPS) is 11.3. The van der Waals surface area contributed by atoms with Gasteiger partial charge in [-0.1, -0.05) is 17.8 Å². The summed E-state index contributed by atoms with van der Waals surface area (Å²) in [6.07, 6.45) is -2.65. The van der Waals surface area contributed by atoms with Crippen LogP contribution in [0.2, 0.25) is 0 Å². The van der Waals surface area contributed by atoms with Gasteiger partial charge in [0.05, 0.1) is 18.2 Å². The van der Waals surface area contributed by atoms with Crippen molar-refractivity contribution in [2.24, 2.45) is 0 Å². The third-order valence-electron chi connectivity index (χ3n) is 2.52. The van der Waals surface area contributed by atoms with E-state index in [1.54, 1.807) is 13.2 Å². The summed E-state index contributed by atoms with van der Waals surface area (Å²) in [6, 6.07) is 6.03. The van der Waals surface area contributed by atoms with Gasteiger partial charge in [-0.3, -0.25) is 0 Å². The molecule has 0 unspecified atom stereocenters. The first-order valence-corrected chi connectivity index (χ1v) is 7.56. The van der Waals surface area contributed by atoms with E-state index in [1.807, 2.05) is 0 Å². The van der Waals surface area contributed by atoms with Crippen molar-refractivity contribution in [2.75, 3.05) is 12.9 Å². The monoisotopic (exact) mass is 330 g/mol. The van der Waals surface area contributed by atoms with Crippen LogP contribution < -0.4 is 9.47 Å². The number of hydrogen-bond acceptors (Lipinski definition) is 5. The van der Waals surface area contributed by atoms with E-state index in [4.69, 9.17) is 9.47 Å². The van der Waals surface area contributed by atoms with Crippen molar-refractivity contribution in [1.82, 2.24) is 9.97 Å². The Morgan fingerprint density at radius 1 is 1.14 bits per heavy atom. The zero-order valence-electron chi connectivity index (χ0n) is 11.8. The van der Waals surface area contributed by atoms with Crippen molar-refractivity contribution < 1.29 is 22.6 Å². The number of ether oxygens (including phenoxy) is 2. The lowest BCUT2D eigenvalue weighted by Crippen LogP contribution is -2.04. The largest absolute Gasteiger partial charge is 0.478 e. The Labute approximate surface area is 129 Å². The molecule has 118 valence electrons. The van der Waals surface area contributed by atoms with Gasteiger partial charge in [0.25, 0.3) is 0 Å². The Balaban J connectivity index is 2.28. The van der Waals surface area contributed by atoms with E-state index in [0.29, 0.717) is 17.6 Å². The van der Waals surface area contributed by atoms with E-state index in [2.05, 4.69) is 9.97 Å². The van der Waals surface area contributed by atoms with Gasteiger partial charge in [-0.05, 0) is 31.4 Å². The van der Waals surface area contributed by atoms with Gasteiger partial charge in [0, 0.05) is 0 Å². The van der Waals surface area contributed by atoms with Crippen molar-refractivity contribution in [3.05, 3.63) is 35.9 Å². The lowest BCUT2D eigenvalue weighted by molar-refractivity contribution is -0.137. The van der Waals surface area contributed by atoms with Crippen LogP contribution in [0.5, 0.6) is 17.5 Å². The zero-order chi connectivity index (χ0) is 16.2. The molecule has 0 aliphatic heterocycles. The average molecular weight is 330 g/mol. The number of hydrogen-bond donors (Lipinski definition) is 0. The van der Waals surface area contributed by atoms with Gasteiger partial charge in [-0.15, -0.1) is 0 Å². The Morgan fingerprint density at radius 3 is 2.50 bits per heavy atom. The Kier molecular flexibility index (Phi) is 5.12. The van der Waals surface area contributed by atoms with Gasteiger partial charge in [-0.2, -0.15) is 23.1 Å². The average Bonchev–Trinajstić information content (AvgIpc) is 2.46. The standard InChI is InChI=1S/C14H13F3N2O2S/c1-3-20-11-8-12(19-13(18-11)22-2)21-10-6-4-5-9(7-10)14(15,16)17/h4-8H,3H2,1-2H3. The van der Waals surface area contributed by atoms with Crippen LogP contribution in [0.3, 0.4) is 0 Å². The van der Waals surface area contributed by atoms with Gasteiger partial charge < -0.3 is 9.47 Å². The molecule has 0 N–H and O–H groups in total. The Hall–Kier alpha value is -1.96. The van der Waals surface area contributed by atoms with Gasteiger partial charge in [0.1, 0.15) is 5.75 Å². The summed E-state index contributed by atoms with van der Waals surface area (Å²) >= 11 is 1.28. The third kappa shape index (κ3) is 4.27. The summed E-state index contributed by atoms with van der Waals surface area (Å²) in [5.41, 5.74) is -0.783. The molecular formula is C14H13F3N2O2S. The maximum Gasteiger partial charge on any atom is 0.416 e. The fourth-order valence-corrected chi connectivity index (χ4v) is 1.97. The lowest BCUT2D eigenvalue weighted by Gasteiger charge is -2.11. The van der Waals surface area contributed by atoms with Crippen LogP contribution >= 0.6 is 11.8 Å². The highest BCUT2D eigenvalue weighted by molar-refractivity contribution is 7.98. The van der Waals surface area contributed by atoms with Crippen LogP contribution in [-0.2, 0) is 6.18 Å². The van der Waals surface area contributed by atoms with E-state index in [1.165, 1.54) is 30.0 Å². The Morgan fingerprint density at radius 2 is 1.86 bits per heavy atom. The quantitative estimate of drug-likeness (QED) is 0.600. The van der Waals surface area contributed by atoms with Crippen LogP contribution in [-0.4, -0.2) is 22.8 Å². The molecular weight excluding hydrogens is 317 g/mol. The van der Waals surface area contributed by atoms with E-state index in [0.717, 1.165) is 12.1 Å². The number of halogens is 3. The summed E-state index contributed by atoms with van der Waals surface area (Å²) in [6.45, 7) is 2.21. The lowest BCUT2D eigenvalue weighted by atomic mass is 10.2. The molecule has 1 aromatic heterocycles. The first-order valence-electron chi connectivity index (χ1n) is 6.33. The highest BCUT2D eigenvalue weighted by Crippen LogP contribution is 2.33. The van der Waals surface area contributed by atoms with Crippen molar-refractivity contribution >= 4 is 11.8 Å². The summed E-state index contributed by atoms with van der Waals surface area (Å²) in [5, 5.41) is 0.410. The molecule has 0 spiro atoms. The SMILES string of the molecule is CCOc1cc(Oc2cccc(C(F)(F)F)c2)nc(SC)n1. The Bertz CT molecular complexity index is 650. The second-order valence-corrected chi connectivity index (χ2v) is 4.87. The minimum absolute atomic E-state index is 0.0445. The number of benzene rings is 1. The first kappa shape index (κ1) is 16.4. The maximum absolute atomic E-state index is 12.7. The van der Waals surface area contributed by atoms with E-state index in [-0.39, 0.29) is 11.6 Å². The molecule has 0 aliphatic carbocycles. The number of nitrogens with zero attached hydrogens (tertiary/aromatic N) is 2. The third-order valence-corrected chi connectivity index (χ3v) is 3.06. The fourth-order valence-electron chi connectivity index (χ4n) is 1.61. The molecule has 0 bridgehead atoms. The van der Waals surface area contributed by atoms with Crippen molar-refractivity contribution in [3.8, 4) is 17.5 Å². The fraction of sp³-hybridized carbons (Fsp3) is 0.286. The number of alkyl halides is 3. The highest BCUT2D eigenvalue weighted by atomic mass is 32.2. The predicted octanol–water partition coefficient (Wildman–Crippen LogP) is 4.41. The molecule has 22 heavy (non-hydrogen) atoms. The molecule has 0 amide bonds. The maximum atomic E-state index is 12.7. The van der Waals surface area contributed by atoms with E-state index >= 15 is 0 Å². The molecule has 1 heterocycles. The molecule has 2 aromatic rings. The smallest absolute Gasteiger partial charge is 0.416 e. The van der Waals surface area contributed by atoms with Crippen LogP contribution in [0.4, 0.5) is 13.2 Å². The van der Waals surface area contributed by atoms with Gasteiger partial charge in [0.2, 0.25) is 11.8 Å². The van der Waals surface area contributed by atoms with Crippen molar-refractivity contribution in [1.29, 1.82) is 0 Å². The minimum Gasteiger partial charge on any atom is -0.478 e. The van der Waals surface area contributed by atoms with Crippen LogP contribution in [0.25, 0.3) is 0 Å². The molecule has 0 saturated carbocycles. The zero-order valence-corrected chi connectivity index (χ0v) is 12.7. The molecule has 8 heteroatoms. The van der Waals surface area contributed by atoms with Crippen molar-refractivity contribution in [2.45, 2.75) is 18.3 Å². The van der Waals surface area contributed by atoms with Gasteiger partial charge in [0.15, 0.2) is 5.16 Å². The molecule has 0 aliphatic rings. The van der Waals surface area contributed by atoms with Crippen LogP contribution in [0, 0.1) is 0 Å². The van der Waals surface area contributed by atoms with E-state index < -0.39 is 11.7 Å². The molecule has 2 rings (SSSR count). The van der Waals surface area contributed by atoms with Gasteiger partial charge >= 0.3 is 6.18 Å². The minimum atomic E-state index is -4.42. The molecule has 4 nitrogen and oxygen atoms in total.